The number of hydrogen-bond donors (Lipinski definition) is 0. The van der Waals surface area contributed by atoms with Gasteiger partial charge < -0.3 is 56.8 Å². The second-order valence-electron chi connectivity index (χ2n) is 25.4. The number of rotatable bonds is 20. The molecule has 87 heavy (non-hydrogen) atoms. The van der Waals surface area contributed by atoms with Crippen LogP contribution in [0.15, 0.2) is 0 Å². The molecule has 498 valence electrons. The van der Waals surface area contributed by atoms with E-state index in [9.17, 15) is 57.5 Å². The second kappa shape index (κ2) is 36.2. The molecule has 0 aliphatic carbocycles. The summed E-state index contributed by atoms with van der Waals surface area (Å²) in [6.07, 6.45) is 4.26. The summed E-state index contributed by atoms with van der Waals surface area (Å²) in [7, 11) is 0. The molecule has 6 aliphatic heterocycles. The highest BCUT2D eigenvalue weighted by atomic mass is 16.6. The number of cyclic esters (lactones) is 6. The zero-order valence-electron chi connectivity index (χ0n) is 55.2. The van der Waals surface area contributed by atoms with Crippen molar-refractivity contribution in [2.45, 2.75) is 244 Å². The van der Waals surface area contributed by atoms with Gasteiger partial charge in [0.25, 0.3) is 0 Å². The molecule has 0 bridgehead atoms. The summed E-state index contributed by atoms with van der Waals surface area (Å²) in [4.78, 5) is 135. The lowest BCUT2D eigenvalue weighted by atomic mass is 9.87. The highest BCUT2D eigenvalue weighted by molar-refractivity contribution is 5.83. The molecule has 6 fully saturated rings. The summed E-state index contributed by atoms with van der Waals surface area (Å²) in [5.74, 6) is -3.85. The van der Waals surface area contributed by atoms with Crippen molar-refractivity contribution in [2.75, 3.05) is 39.6 Å². The van der Waals surface area contributed by atoms with Crippen molar-refractivity contribution in [3.05, 3.63) is 0 Å². The minimum absolute atomic E-state index is 0.0343. The van der Waals surface area contributed by atoms with Crippen LogP contribution in [0.5, 0.6) is 0 Å². The fourth-order valence-corrected chi connectivity index (χ4v) is 7.19. The quantitative estimate of drug-likeness (QED) is 0.0813. The molecule has 0 amide bonds. The molecule has 24 heteroatoms. The molecule has 9 unspecified atom stereocenters. The van der Waals surface area contributed by atoms with Crippen molar-refractivity contribution >= 4 is 71.6 Å². The first-order valence-corrected chi connectivity index (χ1v) is 30.5. The summed E-state index contributed by atoms with van der Waals surface area (Å²) >= 11 is 0. The van der Waals surface area contributed by atoms with Gasteiger partial charge in [0.2, 0.25) is 12.2 Å². The Morgan fingerprint density at radius 3 is 1.06 bits per heavy atom. The normalized spacial score (nSPS) is 22.5. The van der Waals surface area contributed by atoms with Crippen molar-refractivity contribution in [2.24, 2.45) is 45.8 Å². The predicted molar refractivity (Wildman–Crippen MR) is 311 cm³/mol. The van der Waals surface area contributed by atoms with Crippen LogP contribution in [-0.4, -0.2) is 147 Å². The van der Waals surface area contributed by atoms with Crippen molar-refractivity contribution < 1.29 is 114 Å². The fourth-order valence-electron chi connectivity index (χ4n) is 7.19. The maximum Gasteiger partial charge on any atom is 0.347 e. The zero-order chi connectivity index (χ0) is 66.8. The number of esters is 12. The molecule has 9 atom stereocenters. The van der Waals surface area contributed by atoms with Gasteiger partial charge in [-0.25, -0.2) is 9.59 Å². The molecule has 0 radical (unpaired) electrons. The van der Waals surface area contributed by atoms with Gasteiger partial charge in [0, 0.05) is 24.7 Å². The zero-order valence-corrected chi connectivity index (χ0v) is 55.2. The Bertz CT molecular complexity index is 2330. The van der Waals surface area contributed by atoms with Crippen molar-refractivity contribution in [3.8, 4) is 0 Å². The SMILES string of the molecule is CCC(C)(C)C(=O)OC(C)(C)C1COC(=O)C1.CCC(C)(C)C(=O)OC1CCOC1=O.CCC(C)(C)C(=O)OC1COC(=O)C1.CCC(C)C(=O)OC(C)(C)C1COC(=O)C1.CCC(C)C(=O)OC1CCOC1=O.CCC(C)C(=O)OC1COC(=O)C1. The molecule has 0 N–H and O–H groups in total. The number of hydrogen-bond acceptors (Lipinski definition) is 24. The number of ether oxygens (including phenoxy) is 12. The summed E-state index contributed by atoms with van der Waals surface area (Å²) in [5, 5.41) is 0. The summed E-state index contributed by atoms with van der Waals surface area (Å²) < 4.78 is 59.8. The number of carbonyl (C=O) groups is 12. The van der Waals surface area contributed by atoms with E-state index in [0.717, 1.165) is 25.7 Å². The first-order chi connectivity index (χ1) is 40.3. The lowest BCUT2D eigenvalue weighted by molar-refractivity contribution is -0.173. The van der Waals surface area contributed by atoms with Gasteiger partial charge in [-0.15, -0.1) is 0 Å². The summed E-state index contributed by atoms with van der Waals surface area (Å²) in [6.45, 7) is 37.1. The minimum atomic E-state index is -0.687. The van der Waals surface area contributed by atoms with Gasteiger partial charge in [0.1, 0.15) is 36.6 Å². The molecule has 6 rings (SSSR count). The lowest BCUT2D eigenvalue weighted by Gasteiger charge is -2.33. The second-order valence-corrected chi connectivity index (χ2v) is 25.4. The Kier molecular flexibility index (Phi) is 32.7. The molecule has 0 aromatic heterocycles. The fraction of sp³-hybridized carbons (Fsp3) is 0.810. The monoisotopic (exact) mass is 1240 g/mol. The topological polar surface area (TPSA) is 316 Å². The predicted octanol–water partition coefficient (Wildman–Crippen LogP) is 8.57. The average molecular weight is 1240 g/mol. The molecular formula is C63H102O24. The van der Waals surface area contributed by atoms with E-state index in [1.807, 2.05) is 104 Å². The van der Waals surface area contributed by atoms with E-state index < -0.39 is 51.6 Å². The van der Waals surface area contributed by atoms with E-state index in [2.05, 4.69) is 9.47 Å². The molecule has 24 nitrogen and oxygen atoms in total. The largest absolute Gasteiger partial charge is 0.465 e. The molecule has 6 heterocycles. The van der Waals surface area contributed by atoms with Crippen LogP contribution in [0, 0.1) is 45.8 Å². The third-order valence-electron chi connectivity index (χ3n) is 16.2. The van der Waals surface area contributed by atoms with E-state index in [1.165, 1.54) is 0 Å². The van der Waals surface area contributed by atoms with Crippen LogP contribution in [0.2, 0.25) is 0 Å². The van der Waals surface area contributed by atoms with Gasteiger partial charge in [-0.2, -0.15) is 0 Å². The van der Waals surface area contributed by atoms with Crippen LogP contribution in [0.4, 0.5) is 0 Å². The molecule has 0 aromatic rings. The maximum atomic E-state index is 12.0. The Morgan fingerprint density at radius 2 is 0.724 bits per heavy atom. The van der Waals surface area contributed by atoms with E-state index in [1.54, 1.807) is 27.7 Å². The van der Waals surface area contributed by atoms with Crippen LogP contribution < -0.4 is 0 Å². The van der Waals surface area contributed by atoms with Gasteiger partial charge in [0.15, 0.2) is 0 Å². The smallest absolute Gasteiger partial charge is 0.347 e. The third-order valence-corrected chi connectivity index (χ3v) is 16.2. The van der Waals surface area contributed by atoms with Crippen molar-refractivity contribution in [1.29, 1.82) is 0 Å². The Labute approximate surface area is 514 Å². The highest BCUT2D eigenvalue weighted by Gasteiger charge is 2.44. The third kappa shape index (κ3) is 27.3. The Balaban J connectivity index is 0.000000523. The molecule has 0 saturated carbocycles. The number of carbonyl (C=O) groups excluding carboxylic acids is 12. The van der Waals surface area contributed by atoms with Crippen LogP contribution in [0.3, 0.4) is 0 Å². The van der Waals surface area contributed by atoms with E-state index in [-0.39, 0.29) is 128 Å². The Hall–Kier alpha value is -6.36. The first-order valence-electron chi connectivity index (χ1n) is 30.5. The van der Waals surface area contributed by atoms with Crippen LogP contribution in [-0.2, 0) is 114 Å². The Morgan fingerprint density at radius 1 is 0.402 bits per heavy atom. The van der Waals surface area contributed by atoms with Crippen molar-refractivity contribution in [1.82, 2.24) is 0 Å². The average Bonchev–Trinajstić information content (AvgIpc) is 3.03. The van der Waals surface area contributed by atoms with Crippen LogP contribution in [0.25, 0.3) is 0 Å². The molecule has 6 aliphatic rings. The van der Waals surface area contributed by atoms with Crippen LogP contribution >= 0.6 is 0 Å². The van der Waals surface area contributed by atoms with Gasteiger partial charge in [-0.3, -0.25) is 47.9 Å². The maximum absolute atomic E-state index is 12.0. The summed E-state index contributed by atoms with van der Waals surface area (Å²) in [5.41, 5.74) is -2.78. The van der Waals surface area contributed by atoms with Gasteiger partial charge in [-0.1, -0.05) is 62.3 Å². The standard InChI is InChI=1S/C13H22O4.C12H20O4.2C10H16O4.2C9H14O4/c1-6-12(2,3)11(15)17-13(4,5)9-7-10(14)16-8-9;1-5-8(2)11(14)16-12(3,4)9-6-10(13)15-7-9;1-4-10(2,3)9(12)14-7-5-8(11)13-6-7;1-4-10(2,3)9(12)14-7-5-6-13-8(7)11;1-3-6(2)9(11)13-7-4-8(10)12-5-7;1-3-6(2)8(10)13-7-4-5-12-9(7)11/h9H,6-8H2,1-5H3;8-9H,5-7H2,1-4H3;2*7H,4-6H2,1-3H3;2*6-7H,3-5H2,1-2H3. The van der Waals surface area contributed by atoms with Gasteiger partial charge >= 0.3 is 71.6 Å². The van der Waals surface area contributed by atoms with Crippen molar-refractivity contribution in [3.63, 3.8) is 0 Å². The van der Waals surface area contributed by atoms with E-state index >= 15 is 0 Å². The van der Waals surface area contributed by atoms with E-state index in [0.29, 0.717) is 65.0 Å². The molecule has 0 spiro atoms. The summed E-state index contributed by atoms with van der Waals surface area (Å²) in [6, 6.07) is 0. The van der Waals surface area contributed by atoms with Gasteiger partial charge in [0.05, 0.1) is 86.1 Å². The van der Waals surface area contributed by atoms with Crippen LogP contribution in [0.1, 0.15) is 209 Å². The molecule has 0 aromatic carbocycles. The lowest BCUT2D eigenvalue weighted by Crippen LogP contribution is -2.41. The molecular weight excluding hydrogens is 1140 g/mol. The van der Waals surface area contributed by atoms with E-state index in [4.69, 9.17) is 47.4 Å². The minimum Gasteiger partial charge on any atom is -0.465 e. The molecule has 6 saturated heterocycles. The highest BCUT2D eigenvalue weighted by Crippen LogP contribution is 2.34. The van der Waals surface area contributed by atoms with Gasteiger partial charge in [-0.05, 0) is 108 Å². The first kappa shape index (κ1) is 78.7.